The van der Waals surface area contributed by atoms with Crippen molar-refractivity contribution in [1.82, 2.24) is 0 Å². The molecule has 0 unspecified atom stereocenters. The second-order valence-corrected chi connectivity index (χ2v) is 8.69. The van der Waals surface area contributed by atoms with Crippen LogP contribution in [0.4, 0.5) is 5.00 Å². The Morgan fingerprint density at radius 3 is 2.24 bits per heavy atom. The van der Waals surface area contributed by atoms with E-state index in [1.807, 2.05) is 84.3 Å². The summed E-state index contributed by atoms with van der Waals surface area (Å²) in [4.78, 5) is 26.4. The fourth-order valence-corrected chi connectivity index (χ4v) is 4.56. The lowest BCUT2D eigenvalue weighted by Gasteiger charge is -2.11. The molecule has 4 rings (SSSR count). The highest BCUT2D eigenvalue weighted by Gasteiger charge is 2.24. The minimum Gasteiger partial charge on any atom is -0.462 e. The summed E-state index contributed by atoms with van der Waals surface area (Å²) >= 11 is 7.32. The van der Waals surface area contributed by atoms with Crippen LogP contribution in [0.2, 0.25) is 5.02 Å². The first kappa shape index (κ1) is 23.5. The molecule has 0 saturated carbocycles. The zero-order valence-corrected chi connectivity index (χ0v) is 20.0. The smallest absolute Gasteiger partial charge is 0.341 e. The van der Waals surface area contributed by atoms with E-state index in [-0.39, 0.29) is 12.5 Å². The fraction of sp³-hybridized carbons (Fsp3) is 0.0714. The zero-order valence-electron chi connectivity index (χ0n) is 18.5. The first-order chi connectivity index (χ1) is 16.6. The van der Waals surface area contributed by atoms with Crippen LogP contribution in [0.1, 0.15) is 28.4 Å². The average Bonchev–Trinajstić information content (AvgIpc) is 3.27. The second-order valence-electron chi connectivity index (χ2n) is 7.37. The van der Waals surface area contributed by atoms with Crippen molar-refractivity contribution in [2.45, 2.75) is 6.92 Å². The standard InChI is InChI=1S/C28H22ClNO3S/c1-2-33-28(32)25-24(21-13-15-22(29)16-14-21)18-34-27(25)30-26(31)23(20-11-7-4-8-12-20)17-19-9-5-3-6-10-19/h3-18H,2H2,1H3,(H,30,31). The molecule has 1 aromatic heterocycles. The molecule has 1 N–H and O–H groups in total. The number of ether oxygens (including phenoxy) is 1. The Bertz CT molecular complexity index is 1310. The van der Waals surface area contributed by atoms with Gasteiger partial charge in [-0.25, -0.2) is 4.79 Å². The van der Waals surface area contributed by atoms with E-state index in [1.165, 1.54) is 11.3 Å². The molecule has 6 heteroatoms. The van der Waals surface area contributed by atoms with Crippen molar-refractivity contribution >= 4 is 51.5 Å². The fourth-order valence-electron chi connectivity index (χ4n) is 3.48. The van der Waals surface area contributed by atoms with Crippen LogP contribution in [-0.2, 0) is 9.53 Å². The number of thiophene rings is 1. The summed E-state index contributed by atoms with van der Waals surface area (Å²) in [6.45, 7) is 1.98. The second kappa shape index (κ2) is 11.0. The molecule has 3 aromatic carbocycles. The van der Waals surface area contributed by atoms with Crippen molar-refractivity contribution in [1.29, 1.82) is 0 Å². The van der Waals surface area contributed by atoms with Gasteiger partial charge in [0.2, 0.25) is 0 Å². The molecule has 0 atom stereocenters. The SMILES string of the molecule is CCOC(=O)c1c(-c2ccc(Cl)cc2)csc1NC(=O)C(=Cc1ccccc1)c1ccccc1. The van der Waals surface area contributed by atoms with Crippen molar-refractivity contribution in [3.05, 3.63) is 112 Å². The third-order valence-corrected chi connectivity index (χ3v) is 6.24. The highest BCUT2D eigenvalue weighted by atomic mass is 35.5. The van der Waals surface area contributed by atoms with Gasteiger partial charge in [0.1, 0.15) is 10.6 Å². The maximum atomic E-state index is 13.5. The number of anilines is 1. The summed E-state index contributed by atoms with van der Waals surface area (Å²) < 4.78 is 5.31. The lowest BCUT2D eigenvalue weighted by Crippen LogP contribution is -2.16. The summed E-state index contributed by atoms with van der Waals surface area (Å²) in [5, 5.41) is 5.83. The highest BCUT2D eigenvalue weighted by Crippen LogP contribution is 2.37. The quantitative estimate of drug-likeness (QED) is 0.167. The number of carbonyl (C=O) groups is 2. The van der Waals surface area contributed by atoms with Gasteiger partial charge in [0, 0.05) is 21.5 Å². The molecular formula is C28H22ClNO3S. The van der Waals surface area contributed by atoms with Crippen molar-refractivity contribution in [2.24, 2.45) is 0 Å². The molecule has 0 aliphatic rings. The average molecular weight is 488 g/mol. The van der Waals surface area contributed by atoms with E-state index < -0.39 is 5.97 Å². The topological polar surface area (TPSA) is 55.4 Å². The van der Waals surface area contributed by atoms with Crippen LogP contribution < -0.4 is 5.32 Å². The molecule has 0 fully saturated rings. The van der Waals surface area contributed by atoms with Crippen LogP contribution >= 0.6 is 22.9 Å². The van der Waals surface area contributed by atoms with Crippen LogP contribution in [-0.4, -0.2) is 18.5 Å². The number of hydrogen-bond acceptors (Lipinski definition) is 4. The van der Waals surface area contributed by atoms with Gasteiger partial charge in [-0.15, -0.1) is 11.3 Å². The van der Waals surface area contributed by atoms with Gasteiger partial charge in [0.25, 0.3) is 5.91 Å². The lowest BCUT2D eigenvalue weighted by molar-refractivity contribution is -0.111. The number of benzene rings is 3. The molecule has 0 spiro atoms. The van der Waals surface area contributed by atoms with Gasteiger partial charge in [-0.1, -0.05) is 84.4 Å². The maximum Gasteiger partial charge on any atom is 0.341 e. The van der Waals surface area contributed by atoms with Gasteiger partial charge in [-0.2, -0.15) is 0 Å². The van der Waals surface area contributed by atoms with Gasteiger partial charge in [-0.05, 0) is 41.8 Å². The Morgan fingerprint density at radius 1 is 0.941 bits per heavy atom. The lowest BCUT2D eigenvalue weighted by atomic mass is 10.0. The predicted octanol–water partition coefficient (Wildman–Crippen LogP) is 7.42. The molecule has 0 bridgehead atoms. The van der Waals surface area contributed by atoms with E-state index in [0.29, 0.717) is 26.7 Å². The third-order valence-electron chi connectivity index (χ3n) is 5.09. The minimum atomic E-state index is -0.489. The van der Waals surface area contributed by atoms with Crippen LogP contribution in [0.25, 0.3) is 22.8 Å². The van der Waals surface area contributed by atoms with Crippen LogP contribution in [0.15, 0.2) is 90.3 Å². The van der Waals surface area contributed by atoms with Crippen molar-refractivity contribution < 1.29 is 14.3 Å². The van der Waals surface area contributed by atoms with E-state index in [0.717, 1.165) is 16.7 Å². The number of amides is 1. The van der Waals surface area contributed by atoms with Crippen LogP contribution in [0.5, 0.6) is 0 Å². The summed E-state index contributed by atoms with van der Waals surface area (Å²) in [5.41, 5.74) is 3.99. The molecule has 4 nitrogen and oxygen atoms in total. The first-order valence-corrected chi connectivity index (χ1v) is 12.0. The maximum absolute atomic E-state index is 13.5. The number of esters is 1. The van der Waals surface area contributed by atoms with Crippen molar-refractivity contribution in [3.63, 3.8) is 0 Å². The van der Waals surface area contributed by atoms with Crippen molar-refractivity contribution in [2.75, 3.05) is 11.9 Å². The molecule has 34 heavy (non-hydrogen) atoms. The normalized spacial score (nSPS) is 11.2. The summed E-state index contributed by atoms with van der Waals surface area (Å²) in [7, 11) is 0. The number of carbonyl (C=O) groups excluding carboxylic acids is 2. The minimum absolute atomic E-state index is 0.227. The molecule has 0 saturated heterocycles. The number of hydrogen-bond donors (Lipinski definition) is 1. The molecule has 1 amide bonds. The van der Waals surface area contributed by atoms with Crippen LogP contribution in [0.3, 0.4) is 0 Å². The Labute approximate surface area is 207 Å². The summed E-state index contributed by atoms with van der Waals surface area (Å²) in [5.74, 6) is -0.803. The molecule has 0 aliphatic carbocycles. The van der Waals surface area contributed by atoms with Gasteiger partial charge >= 0.3 is 5.97 Å². The number of nitrogens with one attached hydrogen (secondary N) is 1. The molecule has 1 heterocycles. The molecule has 170 valence electrons. The van der Waals surface area contributed by atoms with Gasteiger partial charge in [0.05, 0.1) is 6.61 Å². The van der Waals surface area contributed by atoms with Gasteiger partial charge in [0.15, 0.2) is 0 Å². The first-order valence-electron chi connectivity index (χ1n) is 10.7. The molecule has 0 radical (unpaired) electrons. The molecule has 4 aromatic rings. The van der Waals surface area contributed by atoms with E-state index in [9.17, 15) is 9.59 Å². The summed E-state index contributed by atoms with van der Waals surface area (Å²) in [6.07, 6.45) is 1.84. The van der Waals surface area contributed by atoms with Crippen molar-refractivity contribution in [3.8, 4) is 11.1 Å². The number of rotatable bonds is 7. The zero-order chi connectivity index (χ0) is 23.9. The van der Waals surface area contributed by atoms with E-state index in [2.05, 4.69) is 5.32 Å². The predicted molar refractivity (Wildman–Crippen MR) is 140 cm³/mol. The largest absolute Gasteiger partial charge is 0.462 e. The Kier molecular flexibility index (Phi) is 7.58. The van der Waals surface area contributed by atoms with Gasteiger partial charge in [-0.3, -0.25) is 4.79 Å². The monoisotopic (exact) mass is 487 g/mol. The molecular weight excluding hydrogens is 466 g/mol. The van der Waals surface area contributed by atoms with E-state index in [4.69, 9.17) is 16.3 Å². The summed E-state index contributed by atoms with van der Waals surface area (Å²) in [6, 6.07) is 26.3. The van der Waals surface area contributed by atoms with E-state index in [1.54, 1.807) is 19.1 Å². The highest BCUT2D eigenvalue weighted by molar-refractivity contribution is 7.15. The molecule has 0 aliphatic heterocycles. The Hall–Kier alpha value is -3.67. The van der Waals surface area contributed by atoms with Gasteiger partial charge < -0.3 is 10.1 Å². The Morgan fingerprint density at radius 2 is 1.59 bits per heavy atom. The third kappa shape index (κ3) is 5.45. The van der Waals surface area contributed by atoms with Crippen LogP contribution in [0, 0.1) is 0 Å². The Balaban J connectivity index is 1.74. The number of halogens is 1. The van der Waals surface area contributed by atoms with E-state index >= 15 is 0 Å².